The van der Waals surface area contributed by atoms with E-state index in [9.17, 15) is 0 Å². The fourth-order valence-corrected chi connectivity index (χ4v) is 0.744. The molecule has 0 aliphatic rings. The van der Waals surface area contributed by atoms with Gasteiger partial charge in [-0.05, 0) is 6.42 Å². The van der Waals surface area contributed by atoms with Crippen molar-refractivity contribution >= 4 is 0 Å². The van der Waals surface area contributed by atoms with Gasteiger partial charge in [0.05, 0.1) is 12.7 Å². The van der Waals surface area contributed by atoms with Crippen LogP contribution in [-0.4, -0.2) is 45.3 Å². The van der Waals surface area contributed by atoms with Crippen LogP contribution in [0.15, 0.2) is 0 Å². The van der Waals surface area contributed by atoms with Crippen LogP contribution in [0.4, 0.5) is 0 Å². The quantitative estimate of drug-likeness (QED) is 0.415. The first-order valence-corrected chi connectivity index (χ1v) is 3.57. The van der Waals surface area contributed by atoms with Crippen LogP contribution in [0.3, 0.4) is 0 Å². The highest BCUT2D eigenvalue weighted by atomic mass is 16.4. The molecule has 3 atom stereocenters. The van der Waals surface area contributed by atoms with Crippen molar-refractivity contribution < 1.29 is 21.8 Å². The third kappa shape index (κ3) is 3.67. The van der Waals surface area contributed by atoms with Crippen molar-refractivity contribution in [1.29, 1.82) is 0 Å². The first-order chi connectivity index (χ1) is 5.63. The summed E-state index contributed by atoms with van der Waals surface area (Å²) >= 11 is 0. The van der Waals surface area contributed by atoms with Gasteiger partial charge >= 0.3 is 0 Å². The maximum Gasteiger partial charge on any atom is 0.108 e. The molecule has 0 saturated heterocycles. The van der Waals surface area contributed by atoms with Gasteiger partial charge in [0.2, 0.25) is 0 Å². The van der Waals surface area contributed by atoms with Gasteiger partial charge in [-0.2, -0.15) is 0 Å². The third-order valence-corrected chi connectivity index (χ3v) is 1.48. The van der Waals surface area contributed by atoms with Gasteiger partial charge in [-0.3, -0.25) is 0 Å². The molecule has 0 aromatic carbocycles. The van der Waals surface area contributed by atoms with Crippen molar-refractivity contribution in [2.45, 2.75) is 38.1 Å². The molecule has 0 fully saturated rings. The lowest BCUT2D eigenvalue weighted by molar-refractivity contribution is -0.0782. The van der Waals surface area contributed by atoms with E-state index in [1.165, 1.54) is 0 Å². The molecule has 0 radical (unpaired) electrons. The van der Waals surface area contributed by atoms with Crippen LogP contribution in [0.5, 0.6) is 0 Å². The summed E-state index contributed by atoms with van der Waals surface area (Å²) < 4.78 is 6.78. The first-order valence-electron chi connectivity index (χ1n) is 4.28. The van der Waals surface area contributed by atoms with Gasteiger partial charge in [-0.15, -0.1) is 0 Å². The van der Waals surface area contributed by atoms with Crippen LogP contribution in [0, 0.1) is 0 Å². The van der Waals surface area contributed by atoms with E-state index in [2.05, 4.69) is 0 Å². The molecule has 0 heterocycles. The van der Waals surface area contributed by atoms with E-state index in [1.807, 2.05) is 0 Å². The lowest BCUT2D eigenvalue weighted by Crippen LogP contribution is -2.39. The van der Waals surface area contributed by atoms with Crippen LogP contribution < -0.4 is 0 Å². The van der Waals surface area contributed by atoms with E-state index in [4.69, 9.17) is 21.8 Å². The van der Waals surface area contributed by atoms with Crippen LogP contribution in [0.2, 0.25) is 0 Å². The molecular formula is C7H16O4. The zero-order chi connectivity index (χ0) is 9.56. The van der Waals surface area contributed by atoms with Crippen LogP contribution in [0.25, 0.3) is 0 Å². The second-order valence-corrected chi connectivity index (χ2v) is 2.45. The molecule has 0 bridgehead atoms. The molecule has 0 aromatic heterocycles. The Labute approximate surface area is 67.5 Å². The largest absolute Gasteiger partial charge is 0.394 e. The molecule has 0 spiro atoms. The Morgan fingerprint density at radius 1 is 1.27 bits per heavy atom. The molecular weight excluding hydrogens is 148 g/mol. The van der Waals surface area contributed by atoms with E-state index >= 15 is 0 Å². The smallest absolute Gasteiger partial charge is 0.108 e. The summed E-state index contributed by atoms with van der Waals surface area (Å²) in [5, 5.41) is 35.5. The molecule has 0 saturated carbocycles. The Kier molecular flexibility index (Phi) is 4.45. The summed E-state index contributed by atoms with van der Waals surface area (Å²) in [4.78, 5) is 0. The average Bonchev–Trinajstić information content (AvgIpc) is 2.11. The van der Waals surface area contributed by atoms with Crippen LogP contribution in [0.1, 0.15) is 21.1 Å². The minimum absolute atomic E-state index is 0.180. The molecule has 0 aromatic rings. The van der Waals surface area contributed by atoms with Gasteiger partial charge in [0, 0.05) is 1.37 Å². The summed E-state index contributed by atoms with van der Waals surface area (Å²) in [6.45, 7) is -0.391. The lowest BCUT2D eigenvalue weighted by atomic mass is 10.0. The molecule has 0 rings (SSSR count). The van der Waals surface area contributed by atoms with Gasteiger partial charge < -0.3 is 20.4 Å². The number of rotatable bonds is 5. The standard InChI is InChI=1S/C7H16O4/c1-2-3-5(9)7(11)6(10)4-8/h5-11H,2-4H2,1H3/t5?,6-,7-/m1/s1/i1D. The minimum atomic E-state index is -1.32. The van der Waals surface area contributed by atoms with E-state index in [-0.39, 0.29) is 13.3 Å². The van der Waals surface area contributed by atoms with Gasteiger partial charge in [-0.1, -0.05) is 13.3 Å². The number of aliphatic hydroxyl groups is 4. The highest BCUT2D eigenvalue weighted by Gasteiger charge is 2.22. The van der Waals surface area contributed by atoms with Gasteiger partial charge in [-0.25, -0.2) is 0 Å². The fourth-order valence-electron chi connectivity index (χ4n) is 0.744. The van der Waals surface area contributed by atoms with Crippen molar-refractivity contribution in [3.8, 4) is 0 Å². The lowest BCUT2D eigenvalue weighted by Gasteiger charge is -2.20. The second kappa shape index (κ2) is 5.49. The first kappa shape index (κ1) is 8.93. The third-order valence-electron chi connectivity index (χ3n) is 1.48. The molecule has 4 N–H and O–H groups in total. The number of aliphatic hydroxyl groups excluding tert-OH is 4. The van der Waals surface area contributed by atoms with Crippen molar-refractivity contribution in [2.75, 3.05) is 6.61 Å². The SMILES string of the molecule is [2H]CCCC(O)[C@@H](O)[C@H](O)CO. The number of hydrogen-bond acceptors (Lipinski definition) is 4. The molecule has 4 heteroatoms. The summed E-state index contributed by atoms with van der Waals surface area (Å²) in [5.74, 6) is 0. The zero-order valence-electron chi connectivity index (χ0n) is 7.35. The summed E-state index contributed by atoms with van der Waals surface area (Å²) in [6.07, 6.45) is -2.94. The van der Waals surface area contributed by atoms with Gasteiger partial charge in [0.1, 0.15) is 12.2 Å². The second-order valence-electron chi connectivity index (χ2n) is 2.45. The summed E-state index contributed by atoms with van der Waals surface area (Å²) in [5.41, 5.74) is 0. The average molecular weight is 165 g/mol. The van der Waals surface area contributed by atoms with Gasteiger partial charge in [0.15, 0.2) is 0 Å². The van der Waals surface area contributed by atoms with Crippen molar-refractivity contribution in [1.82, 2.24) is 0 Å². The summed E-state index contributed by atoms with van der Waals surface area (Å²) in [6, 6.07) is 0. The van der Waals surface area contributed by atoms with E-state index < -0.39 is 24.9 Å². The fraction of sp³-hybridized carbons (Fsp3) is 1.00. The Morgan fingerprint density at radius 2 is 1.91 bits per heavy atom. The Balaban J connectivity index is 3.67. The monoisotopic (exact) mass is 165 g/mol. The van der Waals surface area contributed by atoms with E-state index in [0.717, 1.165) is 0 Å². The van der Waals surface area contributed by atoms with Crippen molar-refractivity contribution in [3.63, 3.8) is 0 Å². The van der Waals surface area contributed by atoms with Gasteiger partial charge in [0.25, 0.3) is 0 Å². The highest BCUT2D eigenvalue weighted by Crippen LogP contribution is 2.05. The van der Waals surface area contributed by atoms with Crippen molar-refractivity contribution in [3.05, 3.63) is 0 Å². The van der Waals surface area contributed by atoms with Crippen molar-refractivity contribution in [2.24, 2.45) is 0 Å². The maximum absolute atomic E-state index is 9.15. The highest BCUT2D eigenvalue weighted by molar-refractivity contribution is 4.73. The Bertz CT molecular complexity index is 112. The molecule has 68 valence electrons. The normalized spacial score (nSPS) is 20.5. The molecule has 0 amide bonds. The Morgan fingerprint density at radius 3 is 2.36 bits per heavy atom. The zero-order valence-corrected chi connectivity index (χ0v) is 6.35. The number of hydrogen-bond donors (Lipinski definition) is 4. The molecule has 0 aliphatic carbocycles. The predicted molar refractivity (Wildman–Crippen MR) is 40.0 cm³/mol. The Hall–Kier alpha value is -0.160. The molecule has 11 heavy (non-hydrogen) atoms. The molecule has 1 unspecified atom stereocenters. The van der Waals surface area contributed by atoms with E-state index in [0.29, 0.717) is 6.42 Å². The molecule has 0 aliphatic heterocycles. The van der Waals surface area contributed by atoms with Crippen LogP contribution >= 0.6 is 0 Å². The topological polar surface area (TPSA) is 80.9 Å². The minimum Gasteiger partial charge on any atom is -0.394 e. The summed E-state index contributed by atoms with van der Waals surface area (Å²) in [7, 11) is 0. The predicted octanol–water partition coefficient (Wildman–Crippen LogP) is -1.14. The van der Waals surface area contributed by atoms with E-state index in [1.54, 1.807) is 0 Å². The van der Waals surface area contributed by atoms with Crippen LogP contribution in [-0.2, 0) is 0 Å². The maximum atomic E-state index is 9.15. The molecule has 4 nitrogen and oxygen atoms in total.